The van der Waals surface area contributed by atoms with Gasteiger partial charge in [-0.15, -0.1) is 0 Å². The van der Waals surface area contributed by atoms with Gasteiger partial charge in [-0.3, -0.25) is 9.10 Å². The Kier molecular flexibility index (Phi) is 4.91. The SMILES string of the molecule is CS(=O)(=O)N1CCc2cc(C(=O)COC(=O)c3ccc4c(c3)OCCO4)ccc21. The molecule has 9 heteroatoms. The standard InChI is InChI=1S/C20H19NO7S/c1-29(24,25)21-7-6-13-10-14(2-4-16(13)21)17(22)12-28-20(23)15-3-5-18-19(11-15)27-9-8-26-18/h2-5,10-11H,6-9,12H2,1H3. The highest BCUT2D eigenvalue weighted by Gasteiger charge is 2.27. The van der Waals surface area contributed by atoms with Gasteiger partial charge < -0.3 is 14.2 Å². The first-order valence-electron chi connectivity index (χ1n) is 9.03. The molecule has 152 valence electrons. The third-order valence-electron chi connectivity index (χ3n) is 4.77. The van der Waals surface area contributed by atoms with Crippen molar-refractivity contribution in [2.24, 2.45) is 0 Å². The van der Waals surface area contributed by atoms with Gasteiger partial charge in [-0.2, -0.15) is 0 Å². The van der Waals surface area contributed by atoms with Crippen molar-refractivity contribution in [3.8, 4) is 11.5 Å². The van der Waals surface area contributed by atoms with E-state index in [0.29, 0.717) is 48.9 Å². The van der Waals surface area contributed by atoms with Crippen LogP contribution in [-0.4, -0.2) is 52.8 Å². The fraction of sp³-hybridized carbons (Fsp3) is 0.300. The molecule has 0 aromatic heterocycles. The van der Waals surface area contributed by atoms with Crippen molar-refractivity contribution >= 4 is 27.5 Å². The van der Waals surface area contributed by atoms with Gasteiger partial charge in [0, 0.05) is 12.1 Å². The molecule has 0 saturated carbocycles. The summed E-state index contributed by atoms with van der Waals surface area (Å²) in [5.74, 6) is 0.0208. The monoisotopic (exact) mass is 417 g/mol. The number of ether oxygens (including phenoxy) is 3. The Balaban J connectivity index is 1.42. The van der Waals surface area contributed by atoms with Crippen LogP contribution in [-0.2, 0) is 21.2 Å². The summed E-state index contributed by atoms with van der Waals surface area (Å²) in [6.45, 7) is 0.792. The highest BCUT2D eigenvalue weighted by atomic mass is 32.2. The molecule has 29 heavy (non-hydrogen) atoms. The van der Waals surface area contributed by atoms with E-state index < -0.39 is 22.6 Å². The van der Waals surface area contributed by atoms with Crippen molar-refractivity contribution in [2.75, 3.05) is 36.9 Å². The van der Waals surface area contributed by atoms with E-state index in [4.69, 9.17) is 14.2 Å². The first kappa shape index (κ1) is 19.3. The van der Waals surface area contributed by atoms with Crippen LogP contribution in [0.5, 0.6) is 11.5 Å². The summed E-state index contributed by atoms with van der Waals surface area (Å²) in [6, 6.07) is 9.51. The zero-order valence-electron chi connectivity index (χ0n) is 15.7. The number of fused-ring (bicyclic) bond motifs is 2. The van der Waals surface area contributed by atoms with Gasteiger partial charge in [-0.1, -0.05) is 0 Å². The molecular weight excluding hydrogens is 398 g/mol. The average Bonchev–Trinajstić information content (AvgIpc) is 3.15. The Hall–Kier alpha value is -3.07. The summed E-state index contributed by atoms with van der Waals surface area (Å²) >= 11 is 0. The van der Waals surface area contributed by atoms with Gasteiger partial charge in [0.1, 0.15) is 13.2 Å². The van der Waals surface area contributed by atoms with Crippen molar-refractivity contribution in [3.63, 3.8) is 0 Å². The molecule has 0 N–H and O–H groups in total. The Bertz CT molecular complexity index is 1090. The Morgan fingerprint density at radius 1 is 1.03 bits per heavy atom. The summed E-state index contributed by atoms with van der Waals surface area (Å²) in [6.07, 6.45) is 1.68. The van der Waals surface area contributed by atoms with Crippen LogP contribution in [0.3, 0.4) is 0 Å². The highest BCUT2D eigenvalue weighted by molar-refractivity contribution is 7.92. The lowest BCUT2D eigenvalue weighted by atomic mass is 10.1. The second-order valence-electron chi connectivity index (χ2n) is 6.79. The number of Topliss-reactive ketones (excluding diaryl/α,β-unsaturated/α-hetero) is 1. The van der Waals surface area contributed by atoms with Gasteiger partial charge in [-0.05, 0) is 48.4 Å². The number of anilines is 1. The molecular formula is C20H19NO7S. The first-order chi connectivity index (χ1) is 13.8. The highest BCUT2D eigenvalue weighted by Crippen LogP contribution is 2.32. The normalized spacial score (nSPS) is 15.0. The number of esters is 1. The summed E-state index contributed by atoms with van der Waals surface area (Å²) in [5.41, 5.74) is 1.99. The molecule has 2 aliphatic rings. The minimum Gasteiger partial charge on any atom is -0.486 e. The minimum atomic E-state index is -3.35. The molecule has 0 atom stereocenters. The lowest BCUT2D eigenvalue weighted by molar-refractivity contribution is 0.0474. The summed E-state index contributed by atoms with van der Waals surface area (Å²) in [4.78, 5) is 24.7. The van der Waals surface area contributed by atoms with E-state index in [1.165, 1.54) is 10.4 Å². The van der Waals surface area contributed by atoms with Crippen LogP contribution in [0, 0.1) is 0 Å². The van der Waals surface area contributed by atoms with Crippen LogP contribution < -0.4 is 13.8 Å². The molecule has 0 radical (unpaired) electrons. The number of ketones is 1. The number of carbonyl (C=O) groups excluding carboxylic acids is 2. The minimum absolute atomic E-state index is 0.264. The number of benzene rings is 2. The molecule has 0 unspecified atom stereocenters. The fourth-order valence-corrected chi connectivity index (χ4v) is 4.32. The van der Waals surface area contributed by atoms with Gasteiger partial charge in [-0.25, -0.2) is 13.2 Å². The molecule has 4 rings (SSSR count). The maximum atomic E-state index is 12.4. The van der Waals surface area contributed by atoms with E-state index in [2.05, 4.69) is 0 Å². The lowest BCUT2D eigenvalue weighted by Crippen LogP contribution is -2.27. The number of sulfonamides is 1. The number of carbonyl (C=O) groups is 2. The average molecular weight is 417 g/mol. The molecule has 2 aromatic carbocycles. The quantitative estimate of drug-likeness (QED) is 0.540. The smallest absolute Gasteiger partial charge is 0.338 e. The maximum Gasteiger partial charge on any atom is 0.338 e. The number of nitrogens with zero attached hydrogens (tertiary/aromatic N) is 1. The predicted molar refractivity (Wildman–Crippen MR) is 104 cm³/mol. The molecule has 0 fully saturated rings. The third kappa shape index (κ3) is 3.91. The molecule has 0 bridgehead atoms. The van der Waals surface area contributed by atoms with Crippen LogP contribution in [0.15, 0.2) is 36.4 Å². The number of hydrogen-bond acceptors (Lipinski definition) is 7. The van der Waals surface area contributed by atoms with Crippen LogP contribution in [0.1, 0.15) is 26.3 Å². The maximum absolute atomic E-state index is 12.4. The van der Waals surface area contributed by atoms with Gasteiger partial charge >= 0.3 is 5.97 Å². The number of rotatable bonds is 5. The Morgan fingerprint density at radius 2 is 1.76 bits per heavy atom. The van der Waals surface area contributed by atoms with Crippen molar-refractivity contribution in [1.29, 1.82) is 0 Å². The summed E-state index contributed by atoms with van der Waals surface area (Å²) in [5, 5.41) is 0. The van der Waals surface area contributed by atoms with Crippen molar-refractivity contribution < 1.29 is 32.2 Å². The van der Waals surface area contributed by atoms with E-state index in [1.807, 2.05) is 0 Å². The second-order valence-corrected chi connectivity index (χ2v) is 8.69. The van der Waals surface area contributed by atoms with Crippen LogP contribution in [0.25, 0.3) is 0 Å². The van der Waals surface area contributed by atoms with Crippen molar-refractivity contribution in [2.45, 2.75) is 6.42 Å². The summed E-state index contributed by atoms with van der Waals surface area (Å²) < 4.78 is 40.9. The lowest BCUT2D eigenvalue weighted by Gasteiger charge is -2.18. The number of hydrogen-bond donors (Lipinski definition) is 0. The Labute approximate surface area is 168 Å². The van der Waals surface area contributed by atoms with Crippen LogP contribution in [0.2, 0.25) is 0 Å². The molecule has 2 aliphatic heterocycles. The predicted octanol–water partition coefficient (Wildman–Crippen LogP) is 1.82. The molecule has 0 spiro atoms. The molecule has 2 aromatic rings. The second kappa shape index (κ2) is 7.40. The van der Waals surface area contributed by atoms with Gasteiger partial charge in [0.15, 0.2) is 23.9 Å². The van der Waals surface area contributed by atoms with Crippen molar-refractivity contribution in [3.05, 3.63) is 53.1 Å². The zero-order chi connectivity index (χ0) is 20.6. The largest absolute Gasteiger partial charge is 0.486 e. The van der Waals surface area contributed by atoms with Gasteiger partial charge in [0.25, 0.3) is 0 Å². The van der Waals surface area contributed by atoms with Crippen molar-refractivity contribution in [1.82, 2.24) is 0 Å². The van der Waals surface area contributed by atoms with Gasteiger partial charge in [0.2, 0.25) is 10.0 Å². The molecule has 0 amide bonds. The zero-order valence-corrected chi connectivity index (χ0v) is 16.5. The van der Waals surface area contributed by atoms with Gasteiger partial charge in [0.05, 0.1) is 17.5 Å². The topological polar surface area (TPSA) is 99.2 Å². The molecule has 8 nitrogen and oxygen atoms in total. The third-order valence-corrected chi connectivity index (χ3v) is 5.95. The van der Waals surface area contributed by atoms with E-state index >= 15 is 0 Å². The Morgan fingerprint density at radius 3 is 2.52 bits per heavy atom. The van der Waals surface area contributed by atoms with Crippen LogP contribution >= 0.6 is 0 Å². The fourth-order valence-electron chi connectivity index (χ4n) is 3.36. The molecule has 0 saturated heterocycles. The van der Waals surface area contributed by atoms with Crippen LogP contribution in [0.4, 0.5) is 5.69 Å². The van der Waals surface area contributed by atoms with E-state index in [9.17, 15) is 18.0 Å². The summed E-state index contributed by atoms with van der Waals surface area (Å²) in [7, 11) is -3.35. The van der Waals surface area contributed by atoms with E-state index in [-0.39, 0.29) is 11.3 Å². The molecule has 0 aliphatic carbocycles. The molecule has 2 heterocycles. The van der Waals surface area contributed by atoms with E-state index in [0.717, 1.165) is 11.8 Å². The van der Waals surface area contributed by atoms with E-state index in [1.54, 1.807) is 30.3 Å². The first-order valence-corrected chi connectivity index (χ1v) is 10.9.